The fourth-order valence-electron chi connectivity index (χ4n) is 2.99. The monoisotopic (exact) mass is 278 g/mol. The Labute approximate surface area is 119 Å². The highest BCUT2D eigenvalue weighted by atomic mass is 16.5. The van der Waals surface area contributed by atoms with Gasteiger partial charge < -0.3 is 14.6 Å². The van der Waals surface area contributed by atoms with Crippen molar-refractivity contribution in [1.82, 2.24) is 0 Å². The van der Waals surface area contributed by atoms with Crippen molar-refractivity contribution in [3.63, 3.8) is 0 Å². The zero-order valence-corrected chi connectivity index (χ0v) is 12.1. The molecule has 0 bridgehead atoms. The zero-order valence-electron chi connectivity index (χ0n) is 12.1. The van der Waals surface area contributed by atoms with E-state index in [1.165, 1.54) is 0 Å². The van der Waals surface area contributed by atoms with Gasteiger partial charge in [0.15, 0.2) is 0 Å². The lowest BCUT2D eigenvalue weighted by atomic mass is 9.58. The number of carboxylic acids is 1. The average molecular weight is 278 g/mol. The predicted octanol–water partition coefficient (Wildman–Crippen LogP) is 2.86. The number of methoxy groups -OCH3 is 1. The summed E-state index contributed by atoms with van der Waals surface area (Å²) in [5.74, 6) is -0.740. The Kier molecular flexibility index (Phi) is 4.45. The van der Waals surface area contributed by atoms with Crippen LogP contribution in [0.4, 0.5) is 0 Å². The maximum absolute atomic E-state index is 11.5. The smallest absolute Gasteiger partial charge is 0.309 e. The van der Waals surface area contributed by atoms with Crippen LogP contribution in [0.15, 0.2) is 30.3 Å². The molecule has 0 saturated heterocycles. The molecule has 110 valence electrons. The molecule has 1 fully saturated rings. The highest BCUT2D eigenvalue weighted by Gasteiger charge is 2.56. The summed E-state index contributed by atoms with van der Waals surface area (Å²) in [5.41, 5.74) is 0.131. The van der Waals surface area contributed by atoms with Gasteiger partial charge in [-0.1, -0.05) is 30.3 Å². The molecule has 1 aromatic rings. The lowest BCUT2D eigenvalue weighted by Crippen LogP contribution is -2.55. The summed E-state index contributed by atoms with van der Waals surface area (Å²) in [6.07, 6.45) is 1.65. The third-order valence-electron chi connectivity index (χ3n) is 4.21. The quantitative estimate of drug-likeness (QED) is 0.779. The van der Waals surface area contributed by atoms with E-state index in [9.17, 15) is 9.90 Å². The van der Waals surface area contributed by atoms with Crippen molar-refractivity contribution in [1.29, 1.82) is 0 Å². The Morgan fingerprint density at radius 3 is 2.50 bits per heavy atom. The van der Waals surface area contributed by atoms with Crippen molar-refractivity contribution in [2.24, 2.45) is 5.41 Å². The van der Waals surface area contributed by atoms with Gasteiger partial charge in [-0.25, -0.2) is 0 Å². The summed E-state index contributed by atoms with van der Waals surface area (Å²) in [7, 11) is 1.64. The molecule has 2 rings (SSSR count). The van der Waals surface area contributed by atoms with Gasteiger partial charge in [0.25, 0.3) is 0 Å². The lowest BCUT2D eigenvalue weighted by Gasteiger charge is -2.51. The van der Waals surface area contributed by atoms with Gasteiger partial charge in [0.1, 0.15) is 0 Å². The van der Waals surface area contributed by atoms with Crippen molar-refractivity contribution in [2.75, 3.05) is 13.7 Å². The average Bonchev–Trinajstić information content (AvgIpc) is 2.42. The molecule has 0 amide bonds. The number of carboxylic acid groups (broad SMARTS) is 1. The predicted molar refractivity (Wildman–Crippen MR) is 75.4 cm³/mol. The number of ether oxygens (including phenoxy) is 2. The molecule has 0 atom stereocenters. The first-order chi connectivity index (χ1) is 9.50. The van der Waals surface area contributed by atoms with Gasteiger partial charge >= 0.3 is 5.97 Å². The standard InChI is InChI=1S/C16H22O4/c1-15(19-2)11-16(12-15,14(17)18)8-9-20-10-13-6-4-3-5-7-13/h3-7H,8-12H2,1-2H3,(H,17,18). The molecule has 0 aromatic heterocycles. The van der Waals surface area contributed by atoms with E-state index in [-0.39, 0.29) is 5.60 Å². The summed E-state index contributed by atoms with van der Waals surface area (Å²) in [6.45, 7) is 2.94. The zero-order chi connectivity index (χ0) is 14.6. The molecular weight excluding hydrogens is 256 g/mol. The molecule has 1 aromatic carbocycles. The van der Waals surface area contributed by atoms with E-state index in [2.05, 4.69) is 0 Å². The first kappa shape index (κ1) is 15.0. The van der Waals surface area contributed by atoms with E-state index in [1.54, 1.807) is 7.11 Å². The molecule has 1 aliphatic rings. The van der Waals surface area contributed by atoms with Gasteiger partial charge in [-0.2, -0.15) is 0 Å². The van der Waals surface area contributed by atoms with Gasteiger partial charge in [-0.15, -0.1) is 0 Å². The van der Waals surface area contributed by atoms with E-state index in [1.807, 2.05) is 37.3 Å². The fraction of sp³-hybridized carbons (Fsp3) is 0.562. The normalized spacial score (nSPS) is 28.9. The molecule has 1 aliphatic carbocycles. The maximum atomic E-state index is 11.5. The molecular formula is C16H22O4. The number of rotatable bonds is 7. The van der Waals surface area contributed by atoms with Gasteiger partial charge in [0, 0.05) is 13.7 Å². The van der Waals surface area contributed by atoms with Crippen LogP contribution >= 0.6 is 0 Å². The Morgan fingerprint density at radius 1 is 1.30 bits per heavy atom. The molecule has 0 heterocycles. The number of benzene rings is 1. The molecule has 0 spiro atoms. The van der Waals surface area contributed by atoms with E-state index in [0.29, 0.717) is 32.5 Å². The van der Waals surface area contributed by atoms with Crippen LogP contribution in [0.5, 0.6) is 0 Å². The Hall–Kier alpha value is -1.39. The highest BCUT2D eigenvalue weighted by Crippen LogP contribution is 2.52. The Bertz CT molecular complexity index is 449. The van der Waals surface area contributed by atoms with Gasteiger partial charge in [0.05, 0.1) is 17.6 Å². The number of aliphatic carboxylic acids is 1. The number of hydrogen-bond donors (Lipinski definition) is 1. The topological polar surface area (TPSA) is 55.8 Å². The van der Waals surface area contributed by atoms with Gasteiger partial charge in [0.2, 0.25) is 0 Å². The molecule has 1 N–H and O–H groups in total. The first-order valence-electron chi connectivity index (χ1n) is 6.90. The van der Waals surface area contributed by atoms with Gasteiger partial charge in [-0.05, 0) is 31.7 Å². The van der Waals surface area contributed by atoms with Crippen LogP contribution in [0.3, 0.4) is 0 Å². The van der Waals surface area contributed by atoms with Crippen LogP contribution in [-0.2, 0) is 20.9 Å². The van der Waals surface area contributed by atoms with Crippen LogP contribution in [0, 0.1) is 5.41 Å². The van der Waals surface area contributed by atoms with Crippen molar-refractivity contribution in [3.05, 3.63) is 35.9 Å². The van der Waals surface area contributed by atoms with Crippen LogP contribution in [0.1, 0.15) is 31.7 Å². The summed E-state index contributed by atoms with van der Waals surface area (Å²) in [4.78, 5) is 11.5. The second kappa shape index (κ2) is 5.94. The minimum Gasteiger partial charge on any atom is -0.481 e. The molecule has 0 aliphatic heterocycles. The van der Waals surface area contributed by atoms with Gasteiger partial charge in [-0.3, -0.25) is 4.79 Å². The van der Waals surface area contributed by atoms with E-state index in [0.717, 1.165) is 5.56 Å². The summed E-state index contributed by atoms with van der Waals surface area (Å²) in [5, 5.41) is 9.42. The molecule has 4 heteroatoms. The van der Waals surface area contributed by atoms with Crippen LogP contribution in [0.25, 0.3) is 0 Å². The Balaban J connectivity index is 1.79. The Morgan fingerprint density at radius 2 is 1.95 bits per heavy atom. The van der Waals surface area contributed by atoms with E-state index in [4.69, 9.17) is 9.47 Å². The van der Waals surface area contributed by atoms with Crippen molar-refractivity contribution in [2.45, 2.75) is 38.4 Å². The largest absolute Gasteiger partial charge is 0.481 e. The van der Waals surface area contributed by atoms with E-state index < -0.39 is 11.4 Å². The third kappa shape index (κ3) is 3.19. The van der Waals surface area contributed by atoms with Crippen molar-refractivity contribution in [3.8, 4) is 0 Å². The summed E-state index contributed by atoms with van der Waals surface area (Å²) >= 11 is 0. The van der Waals surface area contributed by atoms with Crippen molar-refractivity contribution >= 4 is 5.97 Å². The molecule has 20 heavy (non-hydrogen) atoms. The number of carbonyl (C=O) groups is 1. The fourth-order valence-corrected chi connectivity index (χ4v) is 2.99. The summed E-state index contributed by atoms with van der Waals surface area (Å²) in [6, 6.07) is 9.89. The van der Waals surface area contributed by atoms with Crippen LogP contribution in [0.2, 0.25) is 0 Å². The van der Waals surface area contributed by atoms with Crippen molar-refractivity contribution < 1.29 is 19.4 Å². The first-order valence-corrected chi connectivity index (χ1v) is 6.90. The minimum atomic E-state index is -0.740. The molecule has 1 saturated carbocycles. The third-order valence-corrected chi connectivity index (χ3v) is 4.21. The van der Waals surface area contributed by atoms with Crippen LogP contribution < -0.4 is 0 Å². The summed E-state index contributed by atoms with van der Waals surface area (Å²) < 4.78 is 10.9. The van der Waals surface area contributed by atoms with Crippen LogP contribution in [-0.4, -0.2) is 30.4 Å². The SMILES string of the molecule is COC1(C)CC(CCOCc2ccccc2)(C(=O)O)C1. The number of hydrogen-bond acceptors (Lipinski definition) is 3. The lowest BCUT2D eigenvalue weighted by molar-refractivity contribution is -0.187. The highest BCUT2D eigenvalue weighted by molar-refractivity contribution is 5.76. The molecule has 0 radical (unpaired) electrons. The maximum Gasteiger partial charge on any atom is 0.309 e. The van der Waals surface area contributed by atoms with E-state index >= 15 is 0 Å². The molecule has 4 nitrogen and oxygen atoms in total. The minimum absolute atomic E-state index is 0.294. The second-order valence-electron chi connectivity index (χ2n) is 5.88. The second-order valence-corrected chi connectivity index (χ2v) is 5.88. The molecule has 0 unspecified atom stereocenters.